The molecule has 0 aromatic carbocycles. The number of alkyl halides is 3. The van der Waals surface area contributed by atoms with Crippen LogP contribution in [0.15, 0.2) is 24.3 Å². The number of rotatable bonds is 4. The molecule has 1 aliphatic heterocycles. The van der Waals surface area contributed by atoms with Gasteiger partial charge >= 0.3 is 12.1 Å². The van der Waals surface area contributed by atoms with Gasteiger partial charge in [-0.05, 0) is 38.4 Å². The van der Waals surface area contributed by atoms with E-state index in [1.54, 1.807) is 11.3 Å². The summed E-state index contributed by atoms with van der Waals surface area (Å²) in [6.45, 7) is 7.31. The lowest BCUT2D eigenvalue weighted by Gasteiger charge is -2.06. The fourth-order valence-electron chi connectivity index (χ4n) is 1.91. The molecule has 1 atom stereocenters. The first-order valence-electron chi connectivity index (χ1n) is 7.17. The van der Waals surface area contributed by atoms with Crippen molar-refractivity contribution >= 4 is 23.2 Å². The van der Waals surface area contributed by atoms with Crippen LogP contribution >= 0.6 is 11.3 Å². The second-order valence-electron chi connectivity index (χ2n) is 5.29. The second kappa shape index (κ2) is 8.84. The van der Waals surface area contributed by atoms with Gasteiger partial charge in [-0.1, -0.05) is 12.2 Å². The molecule has 1 fully saturated rings. The van der Waals surface area contributed by atoms with Crippen molar-refractivity contribution in [1.82, 2.24) is 10.6 Å². The van der Waals surface area contributed by atoms with Crippen molar-refractivity contribution in [3.63, 3.8) is 0 Å². The van der Waals surface area contributed by atoms with Crippen molar-refractivity contribution in [3.8, 4) is 0 Å². The van der Waals surface area contributed by atoms with Crippen LogP contribution in [0.1, 0.15) is 40.4 Å². The summed E-state index contributed by atoms with van der Waals surface area (Å²) in [5.41, 5.74) is 0.965. The van der Waals surface area contributed by atoms with Crippen molar-refractivity contribution in [3.05, 3.63) is 34.0 Å². The number of carbonyl (C=O) groups is 2. The van der Waals surface area contributed by atoms with E-state index in [-0.39, 0.29) is 5.91 Å². The highest BCUT2D eigenvalue weighted by atomic mass is 32.1. The number of carboxylic acid groups (broad SMARTS) is 1. The van der Waals surface area contributed by atoms with E-state index in [1.165, 1.54) is 17.7 Å². The van der Waals surface area contributed by atoms with Gasteiger partial charge < -0.3 is 15.7 Å². The molecule has 9 heteroatoms. The minimum absolute atomic E-state index is 0.00208. The fraction of sp³-hybridized carbons (Fsp3) is 0.467. The maximum atomic E-state index is 11.8. The van der Waals surface area contributed by atoms with Crippen molar-refractivity contribution < 1.29 is 27.9 Å². The Labute approximate surface area is 141 Å². The number of amides is 1. The smallest absolute Gasteiger partial charge is 0.475 e. The molecule has 134 valence electrons. The van der Waals surface area contributed by atoms with Crippen LogP contribution in [-0.4, -0.2) is 36.2 Å². The topological polar surface area (TPSA) is 78.4 Å². The summed E-state index contributed by atoms with van der Waals surface area (Å²) in [6.07, 6.45) is -2.69. The maximum absolute atomic E-state index is 11.8. The van der Waals surface area contributed by atoms with Crippen LogP contribution in [-0.2, 0) is 4.79 Å². The van der Waals surface area contributed by atoms with E-state index >= 15 is 0 Å². The molecular formula is C15H19F3N2O3S. The summed E-state index contributed by atoms with van der Waals surface area (Å²) in [5.74, 6) is -2.75. The van der Waals surface area contributed by atoms with Crippen LogP contribution < -0.4 is 10.6 Å². The van der Waals surface area contributed by atoms with Gasteiger partial charge in [0.15, 0.2) is 0 Å². The molecule has 3 N–H and O–H groups in total. The first kappa shape index (κ1) is 20.2. The number of hydrogen-bond acceptors (Lipinski definition) is 4. The zero-order chi connectivity index (χ0) is 18.3. The highest BCUT2D eigenvalue weighted by Crippen LogP contribution is 2.29. The lowest BCUT2D eigenvalue weighted by Crippen LogP contribution is -2.23. The van der Waals surface area contributed by atoms with E-state index in [4.69, 9.17) is 9.90 Å². The van der Waals surface area contributed by atoms with E-state index in [9.17, 15) is 18.0 Å². The molecule has 24 heavy (non-hydrogen) atoms. The normalized spacial score (nSPS) is 16.9. The molecular weight excluding hydrogens is 345 g/mol. The van der Waals surface area contributed by atoms with Crippen LogP contribution in [0.2, 0.25) is 0 Å². The van der Waals surface area contributed by atoms with Crippen LogP contribution in [0.5, 0.6) is 0 Å². The number of thiophene rings is 1. The number of halogens is 3. The van der Waals surface area contributed by atoms with E-state index in [0.717, 1.165) is 17.0 Å². The van der Waals surface area contributed by atoms with E-state index in [1.807, 2.05) is 13.0 Å². The number of carbonyl (C=O) groups excluding carboxylic acids is 1. The fourth-order valence-corrected chi connectivity index (χ4v) is 2.94. The van der Waals surface area contributed by atoms with Gasteiger partial charge in [-0.15, -0.1) is 11.3 Å². The number of aliphatic carboxylic acids is 1. The van der Waals surface area contributed by atoms with E-state index in [2.05, 4.69) is 23.3 Å². The SMILES string of the molecule is C=C(C)CNC(=O)c1ccc(C2CCCN2)s1.O=C(O)C(F)(F)F. The first-order chi connectivity index (χ1) is 11.1. The lowest BCUT2D eigenvalue weighted by atomic mass is 10.2. The second-order valence-corrected chi connectivity index (χ2v) is 6.41. The Bertz CT molecular complexity index is 593. The predicted octanol–water partition coefficient (Wildman–Crippen LogP) is 3.11. The Morgan fingerprint density at radius 2 is 2.08 bits per heavy atom. The standard InChI is InChI=1S/C13H18N2OS.C2HF3O2/c1-9(2)8-15-13(16)12-6-5-11(17-12)10-4-3-7-14-10;3-2(4,5)1(6)7/h5-6,10,14H,1,3-4,7-8H2,2H3,(H,15,16);(H,6,7). The maximum Gasteiger partial charge on any atom is 0.490 e. The summed E-state index contributed by atoms with van der Waals surface area (Å²) in [7, 11) is 0. The third-order valence-electron chi connectivity index (χ3n) is 3.05. The highest BCUT2D eigenvalue weighted by molar-refractivity contribution is 7.14. The van der Waals surface area contributed by atoms with Gasteiger partial charge in [-0.2, -0.15) is 13.2 Å². The van der Waals surface area contributed by atoms with Gasteiger partial charge in [0.2, 0.25) is 0 Å². The van der Waals surface area contributed by atoms with Gasteiger partial charge in [0.1, 0.15) is 0 Å². The molecule has 0 radical (unpaired) electrons. The minimum Gasteiger partial charge on any atom is -0.475 e. The molecule has 1 aromatic rings. The van der Waals surface area contributed by atoms with Crippen LogP contribution in [0.25, 0.3) is 0 Å². The molecule has 2 rings (SSSR count). The van der Waals surface area contributed by atoms with Gasteiger partial charge in [-0.25, -0.2) is 4.79 Å². The van der Waals surface area contributed by atoms with Crippen molar-refractivity contribution in [2.45, 2.75) is 32.0 Å². The molecule has 1 unspecified atom stereocenters. The zero-order valence-electron chi connectivity index (χ0n) is 13.1. The quantitative estimate of drug-likeness (QED) is 0.718. The third kappa shape index (κ3) is 6.71. The number of carboxylic acids is 1. The number of nitrogens with one attached hydrogen (secondary N) is 2. The van der Waals surface area contributed by atoms with Crippen molar-refractivity contribution in [1.29, 1.82) is 0 Å². The molecule has 0 saturated carbocycles. The Morgan fingerprint density at radius 1 is 1.46 bits per heavy atom. The van der Waals surface area contributed by atoms with Crippen molar-refractivity contribution in [2.75, 3.05) is 13.1 Å². The van der Waals surface area contributed by atoms with Crippen LogP contribution in [0.3, 0.4) is 0 Å². The molecule has 2 heterocycles. The Hall–Kier alpha value is -1.87. The molecule has 1 saturated heterocycles. The Balaban J connectivity index is 0.000000351. The van der Waals surface area contributed by atoms with Crippen molar-refractivity contribution in [2.24, 2.45) is 0 Å². The Morgan fingerprint density at radius 3 is 2.54 bits per heavy atom. The molecule has 1 aromatic heterocycles. The largest absolute Gasteiger partial charge is 0.490 e. The summed E-state index contributed by atoms with van der Waals surface area (Å²) in [5, 5.41) is 13.4. The van der Waals surface area contributed by atoms with E-state index < -0.39 is 12.1 Å². The minimum atomic E-state index is -5.08. The summed E-state index contributed by atoms with van der Waals surface area (Å²) >= 11 is 1.59. The van der Waals surface area contributed by atoms with E-state index in [0.29, 0.717) is 12.6 Å². The molecule has 1 amide bonds. The molecule has 0 spiro atoms. The van der Waals surface area contributed by atoms with Gasteiger partial charge in [0.25, 0.3) is 5.91 Å². The monoisotopic (exact) mass is 364 g/mol. The van der Waals surface area contributed by atoms with Crippen LogP contribution in [0, 0.1) is 0 Å². The Kier molecular flexibility index (Phi) is 7.43. The zero-order valence-corrected chi connectivity index (χ0v) is 13.9. The van der Waals surface area contributed by atoms with Gasteiger partial charge in [0.05, 0.1) is 4.88 Å². The summed E-state index contributed by atoms with van der Waals surface area (Å²) in [4.78, 5) is 22.8. The summed E-state index contributed by atoms with van der Waals surface area (Å²) < 4.78 is 31.7. The highest BCUT2D eigenvalue weighted by Gasteiger charge is 2.38. The third-order valence-corrected chi connectivity index (χ3v) is 4.25. The molecule has 0 aliphatic carbocycles. The average molecular weight is 364 g/mol. The predicted molar refractivity (Wildman–Crippen MR) is 85.1 cm³/mol. The first-order valence-corrected chi connectivity index (χ1v) is 7.98. The molecule has 5 nitrogen and oxygen atoms in total. The van der Waals surface area contributed by atoms with Crippen LogP contribution in [0.4, 0.5) is 13.2 Å². The summed E-state index contributed by atoms with van der Waals surface area (Å²) in [6, 6.07) is 4.42. The average Bonchev–Trinajstić information content (AvgIpc) is 3.14. The molecule has 1 aliphatic rings. The lowest BCUT2D eigenvalue weighted by molar-refractivity contribution is -0.192. The van der Waals surface area contributed by atoms with Gasteiger partial charge in [-0.3, -0.25) is 4.79 Å². The van der Waals surface area contributed by atoms with Gasteiger partial charge in [0, 0.05) is 17.5 Å². The number of hydrogen-bond donors (Lipinski definition) is 3. The molecule has 0 bridgehead atoms.